The number of thiazole rings is 1. The molecule has 0 atom stereocenters. The highest BCUT2D eigenvalue weighted by Crippen LogP contribution is 2.12. The second-order valence-corrected chi connectivity index (χ2v) is 5.39. The van der Waals surface area contributed by atoms with Gasteiger partial charge in [-0.25, -0.2) is 0 Å². The van der Waals surface area contributed by atoms with Crippen molar-refractivity contribution in [3.8, 4) is 5.75 Å². The Bertz CT molecular complexity index is 523. The summed E-state index contributed by atoms with van der Waals surface area (Å²) in [4.78, 5) is 16.9. The van der Waals surface area contributed by atoms with Crippen LogP contribution in [0.5, 0.6) is 5.75 Å². The van der Waals surface area contributed by atoms with Crippen molar-refractivity contribution < 1.29 is 9.53 Å². The third-order valence-corrected chi connectivity index (χ3v) is 3.82. The van der Waals surface area contributed by atoms with Crippen LogP contribution in [0, 0.1) is 0 Å². The van der Waals surface area contributed by atoms with E-state index in [0.717, 1.165) is 24.2 Å². The first-order chi connectivity index (χ1) is 9.78. The molecule has 0 fully saturated rings. The smallest absolute Gasteiger partial charge is 0.220 e. The van der Waals surface area contributed by atoms with E-state index < -0.39 is 0 Å². The van der Waals surface area contributed by atoms with E-state index in [-0.39, 0.29) is 5.91 Å². The van der Waals surface area contributed by atoms with Gasteiger partial charge >= 0.3 is 0 Å². The van der Waals surface area contributed by atoms with Crippen molar-refractivity contribution in [2.24, 2.45) is 0 Å². The molecule has 5 heteroatoms. The van der Waals surface area contributed by atoms with E-state index in [4.69, 9.17) is 4.74 Å². The molecule has 20 heavy (non-hydrogen) atoms. The Morgan fingerprint density at radius 1 is 1.30 bits per heavy atom. The van der Waals surface area contributed by atoms with E-state index in [2.05, 4.69) is 10.3 Å². The number of carbonyl (C=O) groups is 1. The maximum atomic E-state index is 11.7. The number of hydrogen-bond donors (Lipinski definition) is 1. The molecule has 1 aromatic heterocycles. The average Bonchev–Trinajstić information content (AvgIpc) is 2.99. The quantitative estimate of drug-likeness (QED) is 0.852. The van der Waals surface area contributed by atoms with Gasteiger partial charge < -0.3 is 10.1 Å². The van der Waals surface area contributed by atoms with Crippen LogP contribution in [0.1, 0.15) is 16.9 Å². The summed E-state index contributed by atoms with van der Waals surface area (Å²) in [5.41, 5.74) is 2.95. The number of amides is 1. The van der Waals surface area contributed by atoms with Gasteiger partial charge in [0.1, 0.15) is 5.75 Å². The van der Waals surface area contributed by atoms with Crippen molar-refractivity contribution in [1.29, 1.82) is 0 Å². The first kappa shape index (κ1) is 14.5. The summed E-state index contributed by atoms with van der Waals surface area (Å²) in [7, 11) is 1.64. The zero-order valence-corrected chi connectivity index (χ0v) is 12.3. The Balaban J connectivity index is 1.66. The molecular formula is C15H18N2O2S. The topological polar surface area (TPSA) is 51.2 Å². The van der Waals surface area contributed by atoms with Crippen molar-refractivity contribution in [2.75, 3.05) is 13.7 Å². The third kappa shape index (κ3) is 4.66. The van der Waals surface area contributed by atoms with Gasteiger partial charge in [-0.2, -0.15) is 0 Å². The predicted molar refractivity (Wildman–Crippen MR) is 80.1 cm³/mol. The summed E-state index contributed by atoms with van der Waals surface area (Å²) in [5.74, 6) is 0.924. The maximum Gasteiger partial charge on any atom is 0.220 e. The highest BCUT2D eigenvalue weighted by atomic mass is 32.1. The van der Waals surface area contributed by atoms with E-state index in [0.29, 0.717) is 13.0 Å². The van der Waals surface area contributed by atoms with E-state index >= 15 is 0 Å². The lowest BCUT2D eigenvalue weighted by atomic mass is 10.1. The van der Waals surface area contributed by atoms with E-state index in [1.807, 2.05) is 30.5 Å². The first-order valence-electron chi connectivity index (χ1n) is 6.55. The van der Waals surface area contributed by atoms with Crippen LogP contribution in [0.4, 0.5) is 0 Å². The van der Waals surface area contributed by atoms with Crippen LogP contribution in [0.3, 0.4) is 0 Å². The molecule has 2 aromatic rings. The zero-order valence-electron chi connectivity index (χ0n) is 11.5. The molecule has 0 saturated heterocycles. The molecule has 4 nitrogen and oxygen atoms in total. The monoisotopic (exact) mass is 290 g/mol. The lowest BCUT2D eigenvalue weighted by molar-refractivity contribution is -0.121. The van der Waals surface area contributed by atoms with Crippen LogP contribution >= 0.6 is 11.3 Å². The summed E-state index contributed by atoms with van der Waals surface area (Å²) in [5, 5.41) is 2.93. The molecule has 0 spiro atoms. The molecular weight excluding hydrogens is 272 g/mol. The molecule has 0 unspecified atom stereocenters. The van der Waals surface area contributed by atoms with E-state index in [1.54, 1.807) is 24.0 Å². The van der Waals surface area contributed by atoms with Crippen LogP contribution in [0.2, 0.25) is 0 Å². The fourth-order valence-electron chi connectivity index (χ4n) is 1.83. The maximum absolute atomic E-state index is 11.7. The highest BCUT2D eigenvalue weighted by Gasteiger charge is 2.03. The van der Waals surface area contributed by atoms with Crippen LogP contribution in [-0.4, -0.2) is 24.5 Å². The molecule has 2 rings (SSSR count). The second kappa shape index (κ2) is 7.65. The number of ether oxygens (including phenoxy) is 1. The lowest BCUT2D eigenvalue weighted by Crippen LogP contribution is -2.25. The van der Waals surface area contributed by atoms with Crippen molar-refractivity contribution in [3.63, 3.8) is 0 Å². The van der Waals surface area contributed by atoms with Crippen LogP contribution in [0.25, 0.3) is 0 Å². The Kier molecular flexibility index (Phi) is 5.55. The molecule has 0 saturated carbocycles. The average molecular weight is 290 g/mol. The summed E-state index contributed by atoms with van der Waals surface area (Å²) >= 11 is 1.61. The SMILES string of the molecule is COc1ccc(CCC(=O)NCCc2cncs2)cc1. The minimum absolute atomic E-state index is 0.0883. The van der Waals surface area contributed by atoms with Crippen LogP contribution < -0.4 is 10.1 Å². The van der Waals surface area contributed by atoms with Gasteiger partial charge in [0.25, 0.3) is 0 Å². The minimum Gasteiger partial charge on any atom is -0.497 e. The van der Waals surface area contributed by atoms with Crippen molar-refractivity contribution in [2.45, 2.75) is 19.3 Å². The molecule has 1 aromatic carbocycles. The molecule has 1 N–H and O–H groups in total. The summed E-state index contributed by atoms with van der Waals surface area (Å²) in [6, 6.07) is 7.81. The largest absolute Gasteiger partial charge is 0.497 e. The number of aromatic nitrogens is 1. The molecule has 0 aliphatic heterocycles. The van der Waals surface area contributed by atoms with E-state index in [1.165, 1.54) is 4.88 Å². The number of nitrogens with zero attached hydrogens (tertiary/aromatic N) is 1. The third-order valence-electron chi connectivity index (χ3n) is 2.98. The fourth-order valence-corrected chi connectivity index (χ4v) is 2.43. The van der Waals surface area contributed by atoms with Gasteiger partial charge in [-0.15, -0.1) is 11.3 Å². The Morgan fingerprint density at radius 3 is 2.75 bits per heavy atom. The standard InChI is InChI=1S/C15H18N2O2S/c1-19-13-5-2-12(3-6-13)4-7-15(18)17-9-8-14-10-16-11-20-14/h2-3,5-6,10-11H,4,7-9H2,1H3,(H,17,18). The summed E-state index contributed by atoms with van der Waals surface area (Å²) < 4.78 is 5.10. The summed E-state index contributed by atoms with van der Waals surface area (Å²) in [6.07, 6.45) is 3.94. The summed E-state index contributed by atoms with van der Waals surface area (Å²) in [6.45, 7) is 0.670. The van der Waals surface area contributed by atoms with Crippen LogP contribution in [0.15, 0.2) is 36.0 Å². The zero-order chi connectivity index (χ0) is 14.2. The van der Waals surface area contributed by atoms with Crippen LogP contribution in [-0.2, 0) is 17.6 Å². The second-order valence-electron chi connectivity index (χ2n) is 4.42. The molecule has 106 valence electrons. The molecule has 1 heterocycles. The number of nitrogens with one attached hydrogen (secondary N) is 1. The van der Waals surface area contributed by atoms with Crippen molar-refractivity contribution in [1.82, 2.24) is 10.3 Å². The Morgan fingerprint density at radius 2 is 2.10 bits per heavy atom. The molecule has 0 radical (unpaired) electrons. The van der Waals surface area contributed by atoms with Gasteiger partial charge in [-0.3, -0.25) is 9.78 Å². The van der Waals surface area contributed by atoms with Gasteiger partial charge in [0, 0.05) is 30.5 Å². The molecule has 0 bridgehead atoms. The Labute approximate surface area is 122 Å². The molecule has 0 aliphatic rings. The van der Waals surface area contributed by atoms with Gasteiger partial charge in [0.2, 0.25) is 5.91 Å². The molecule has 1 amide bonds. The number of benzene rings is 1. The van der Waals surface area contributed by atoms with E-state index in [9.17, 15) is 4.79 Å². The molecule has 0 aliphatic carbocycles. The first-order valence-corrected chi connectivity index (χ1v) is 7.43. The number of hydrogen-bond acceptors (Lipinski definition) is 4. The van der Waals surface area contributed by atoms with Gasteiger partial charge in [-0.1, -0.05) is 12.1 Å². The van der Waals surface area contributed by atoms with Crippen molar-refractivity contribution in [3.05, 3.63) is 46.4 Å². The van der Waals surface area contributed by atoms with Gasteiger partial charge in [0.15, 0.2) is 0 Å². The Hall–Kier alpha value is -1.88. The fraction of sp³-hybridized carbons (Fsp3) is 0.333. The van der Waals surface area contributed by atoms with Gasteiger partial charge in [-0.05, 0) is 24.1 Å². The lowest BCUT2D eigenvalue weighted by Gasteiger charge is -2.05. The number of methoxy groups -OCH3 is 1. The number of aryl methyl sites for hydroxylation is 1. The highest BCUT2D eigenvalue weighted by molar-refractivity contribution is 7.09. The van der Waals surface area contributed by atoms with Crippen molar-refractivity contribution >= 4 is 17.2 Å². The number of carbonyl (C=O) groups excluding carboxylic acids is 1. The van der Waals surface area contributed by atoms with Gasteiger partial charge in [0.05, 0.1) is 12.6 Å². The normalized spacial score (nSPS) is 10.2. The minimum atomic E-state index is 0.0883. The number of rotatable bonds is 7. The predicted octanol–water partition coefficient (Wildman–Crippen LogP) is 2.44.